The minimum absolute atomic E-state index is 0.00124. The molecule has 1 aliphatic rings. The van der Waals surface area contributed by atoms with Crippen molar-refractivity contribution >= 4 is 23.5 Å². The molecule has 0 fully saturated rings. The summed E-state index contributed by atoms with van der Waals surface area (Å²) in [7, 11) is 0. The molecule has 1 amide bonds. The zero-order chi connectivity index (χ0) is 27.5. The van der Waals surface area contributed by atoms with E-state index in [1.807, 2.05) is 60.7 Å². The molecule has 39 heavy (non-hydrogen) atoms. The van der Waals surface area contributed by atoms with Gasteiger partial charge in [0.2, 0.25) is 5.91 Å². The smallest absolute Gasteiger partial charge is 0.261 e. The average Bonchev–Trinajstić information content (AvgIpc) is 3.30. The minimum atomic E-state index is -1.58. The number of nitrogens with zero attached hydrogens (tertiary/aromatic N) is 1. The van der Waals surface area contributed by atoms with Gasteiger partial charge in [0.05, 0.1) is 18.5 Å². The topological polar surface area (TPSA) is 68.2 Å². The quantitative estimate of drug-likeness (QED) is 0.230. The number of hydrogen-bond donors (Lipinski definition) is 1. The Kier molecular flexibility index (Phi) is 7.27. The first-order valence-corrected chi connectivity index (χ1v) is 12.3. The number of Topliss-reactive ketones (excluding diaryl/α,β-unsaturated/α-hetero) is 1. The van der Waals surface area contributed by atoms with E-state index >= 15 is 0 Å². The molecule has 4 aromatic rings. The summed E-state index contributed by atoms with van der Waals surface area (Å²) >= 11 is 0. The van der Waals surface area contributed by atoms with Gasteiger partial charge in [-0.1, -0.05) is 54.6 Å². The molecular formula is C31H23F3N2O3. The standard InChI is InChI=1S/C31H23F3N2O3/c32-25-13-20(14-26(33)30(25)34)18-36-12-4-7-24(31(36)39)28(37)16-22(21-5-2-1-3-6-21)10-8-19-9-11-23-17-29(38)35-27(23)15-19/h1-15,22H,16-18H2,(H,35,38)/b10-8+/t22-/m1/s1. The van der Waals surface area contributed by atoms with Crippen LogP contribution < -0.4 is 10.9 Å². The zero-order valence-corrected chi connectivity index (χ0v) is 20.7. The molecule has 0 radical (unpaired) electrons. The van der Waals surface area contributed by atoms with Crippen molar-refractivity contribution in [2.24, 2.45) is 0 Å². The highest BCUT2D eigenvalue weighted by Gasteiger charge is 2.20. The van der Waals surface area contributed by atoms with Crippen LogP contribution in [0.5, 0.6) is 0 Å². The number of hydrogen-bond acceptors (Lipinski definition) is 3. The number of ketones is 1. The van der Waals surface area contributed by atoms with Gasteiger partial charge >= 0.3 is 0 Å². The molecule has 0 bridgehead atoms. The Labute approximate surface area is 222 Å². The lowest BCUT2D eigenvalue weighted by Crippen LogP contribution is -2.26. The first-order valence-electron chi connectivity index (χ1n) is 12.3. The van der Waals surface area contributed by atoms with E-state index < -0.39 is 28.8 Å². The highest BCUT2D eigenvalue weighted by Crippen LogP contribution is 2.27. The summed E-state index contributed by atoms with van der Waals surface area (Å²) in [6, 6.07) is 19.6. The molecule has 0 saturated heterocycles. The molecule has 1 atom stereocenters. The Balaban J connectivity index is 1.39. The van der Waals surface area contributed by atoms with E-state index in [0.717, 1.165) is 39.1 Å². The molecule has 5 nitrogen and oxygen atoms in total. The highest BCUT2D eigenvalue weighted by molar-refractivity contribution is 5.99. The van der Waals surface area contributed by atoms with Crippen molar-refractivity contribution < 1.29 is 22.8 Å². The third-order valence-electron chi connectivity index (χ3n) is 6.63. The Morgan fingerprint density at radius 3 is 2.44 bits per heavy atom. The van der Waals surface area contributed by atoms with Crippen LogP contribution in [0.3, 0.4) is 0 Å². The zero-order valence-electron chi connectivity index (χ0n) is 20.7. The molecule has 1 aliphatic heterocycles. The molecule has 2 heterocycles. The maximum Gasteiger partial charge on any atom is 0.261 e. The van der Waals surface area contributed by atoms with Gasteiger partial charge in [-0.3, -0.25) is 14.4 Å². The summed E-state index contributed by atoms with van der Waals surface area (Å²) in [5, 5.41) is 2.82. The maximum absolute atomic E-state index is 13.7. The number of rotatable bonds is 8. The van der Waals surface area contributed by atoms with Crippen LogP contribution in [0, 0.1) is 17.5 Å². The number of carbonyl (C=O) groups excluding carboxylic acids is 2. The van der Waals surface area contributed by atoms with Crippen LogP contribution in [0.4, 0.5) is 18.9 Å². The van der Waals surface area contributed by atoms with Gasteiger partial charge in [0.1, 0.15) is 0 Å². The number of aromatic nitrogens is 1. The van der Waals surface area contributed by atoms with E-state index in [0.29, 0.717) is 6.42 Å². The second kappa shape index (κ2) is 10.9. The second-order valence-corrected chi connectivity index (χ2v) is 9.37. The number of pyridine rings is 1. The summed E-state index contributed by atoms with van der Waals surface area (Å²) < 4.78 is 41.8. The lowest BCUT2D eigenvalue weighted by molar-refractivity contribution is -0.115. The van der Waals surface area contributed by atoms with Gasteiger partial charge in [0.25, 0.3) is 5.56 Å². The molecule has 0 aliphatic carbocycles. The average molecular weight is 529 g/mol. The van der Waals surface area contributed by atoms with Gasteiger partial charge in [-0.15, -0.1) is 0 Å². The lowest BCUT2D eigenvalue weighted by Gasteiger charge is -2.14. The van der Waals surface area contributed by atoms with Gasteiger partial charge < -0.3 is 9.88 Å². The molecule has 196 valence electrons. The van der Waals surface area contributed by atoms with E-state index in [4.69, 9.17) is 0 Å². The molecule has 0 saturated carbocycles. The third-order valence-corrected chi connectivity index (χ3v) is 6.63. The fourth-order valence-electron chi connectivity index (χ4n) is 4.64. The second-order valence-electron chi connectivity index (χ2n) is 9.37. The van der Waals surface area contributed by atoms with E-state index in [9.17, 15) is 27.6 Å². The number of amides is 1. The Morgan fingerprint density at radius 2 is 1.69 bits per heavy atom. The first kappa shape index (κ1) is 25.9. The van der Waals surface area contributed by atoms with Crippen LogP contribution in [0.25, 0.3) is 6.08 Å². The third kappa shape index (κ3) is 5.75. The van der Waals surface area contributed by atoms with Gasteiger partial charge in [0.15, 0.2) is 23.2 Å². The normalized spacial score (nSPS) is 13.4. The van der Waals surface area contributed by atoms with Crippen LogP contribution in [-0.2, 0) is 17.8 Å². The van der Waals surface area contributed by atoms with E-state index in [1.54, 1.807) is 0 Å². The van der Waals surface area contributed by atoms with Crippen molar-refractivity contribution in [1.82, 2.24) is 4.57 Å². The minimum Gasteiger partial charge on any atom is -0.326 e. The van der Waals surface area contributed by atoms with E-state index in [1.165, 1.54) is 18.3 Å². The molecule has 1 N–H and O–H groups in total. The van der Waals surface area contributed by atoms with Crippen molar-refractivity contribution in [1.29, 1.82) is 0 Å². The maximum atomic E-state index is 13.7. The van der Waals surface area contributed by atoms with Crippen LogP contribution in [0.1, 0.15) is 45.0 Å². The lowest BCUT2D eigenvalue weighted by atomic mass is 9.91. The number of nitrogens with one attached hydrogen (secondary N) is 1. The number of carbonyl (C=O) groups is 2. The first-order chi connectivity index (χ1) is 18.8. The van der Waals surface area contributed by atoms with Crippen LogP contribution in [0.2, 0.25) is 0 Å². The molecular weight excluding hydrogens is 505 g/mol. The van der Waals surface area contributed by atoms with Crippen molar-refractivity contribution in [3.05, 3.63) is 141 Å². The van der Waals surface area contributed by atoms with Gasteiger partial charge in [-0.2, -0.15) is 0 Å². The highest BCUT2D eigenvalue weighted by atomic mass is 19.2. The van der Waals surface area contributed by atoms with Crippen LogP contribution in [0.15, 0.2) is 89.9 Å². The SMILES string of the molecule is O=C1Cc2ccc(/C=C/[C@H](CC(=O)c3cccn(Cc4cc(F)c(F)c(F)c4)c3=O)c3ccccc3)cc2N1. The van der Waals surface area contributed by atoms with Gasteiger partial charge in [-0.05, 0) is 52.6 Å². The molecule has 1 aromatic heterocycles. The van der Waals surface area contributed by atoms with Crippen molar-refractivity contribution in [3.63, 3.8) is 0 Å². The Bertz CT molecular complexity index is 1640. The van der Waals surface area contributed by atoms with Crippen LogP contribution in [-0.4, -0.2) is 16.3 Å². The van der Waals surface area contributed by atoms with Crippen molar-refractivity contribution in [2.75, 3.05) is 5.32 Å². The van der Waals surface area contributed by atoms with Crippen LogP contribution >= 0.6 is 0 Å². The fourth-order valence-corrected chi connectivity index (χ4v) is 4.64. The fraction of sp³-hybridized carbons (Fsp3) is 0.129. The predicted molar refractivity (Wildman–Crippen MR) is 142 cm³/mol. The molecule has 5 rings (SSSR count). The molecule has 0 unspecified atom stereocenters. The summed E-state index contributed by atoms with van der Waals surface area (Å²) in [5.41, 5.74) is 2.80. The molecule has 8 heteroatoms. The summed E-state index contributed by atoms with van der Waals surface area (Å²) in [6.07, 6.45) is 5.51. The van der Waals surface area contributed by atoms with Crippen molar-refractivity contribution in [2.45, 2.75) is 25.3 Å². The largest absolute Gasteiger partial charge is 0.326 e. The summed E-state index contributed by atoms with van der Waals surface area (Å²) in [6.45, 7) is -0.231. The Hall–Kier alpha value is -4.72. The number of fused-ring (bicyclic) bond motifs is 1. The van der Waals surface area contributed by atoms with Crippen molar-refractivity contribution in [3.8, 4) is 0 Å². The number of benzene rings is 3. The van der Waals surface area contributed by atoms with E-state index in [-0.39, 0.29) is 35.9 Å². The number of allylic oxidation sites excluding steroid dienone is 1. The molecule has 0 spiro atoms. The summed E-state index contributed by atoms with van der Waals surface area (Å²) in [5.74, 6) is -5.09. The van der Waals surface area contributed by atoms with Gasteiger partial charge in [0, 0.05) is 24.2 Å². The Morgan fingerprint density at radius 1 is 0.949 bits per heavy atom. The van der Waals surface area contributed by atoms with E-state index in [2.05, 4.69) is 5.32 Å². The van der Waals surface area contributed by atoms with Gasteiger partial charge in [-0.25, -0.2) is 13.2 Å². The monoisotopic (exact) mass is 528 g/mol. The number of anilines is 1. The summed E-state index contributed by atoms with van der Waals surface area (Å²) in [4.78, 5) is 38.1. The predicted octanol–water partition coefficient (Wildman–Crippen LogP) is 5.88. The molecule has 3 aromatic carbocycles. The number of halogens is 3.